The first-order chi connectivity index (χ1) is 19.8. The lowest BCUT2D eigenvalue weighted by Gasteiger charge is -2.39. The Bertz CT molecular complexity index is 1660. The average molecular weight is 551 g/mol. The molecule has 3 aromatic rings. The maximum Gasteiger partial charge on any atom is 0.261 e. The van der Waals surface area contributed by atoms with E-state index in [9.17, 15) is 28.8 Å². The molecule has 7 rings (SSSR count). The van der Waals surface area contributed by atoms with E-state index in [4.69, 9.17) is 0 Å². The van der Waals surface area contributed by atoms with Crippen molar-refractivity contribution in [3.63, 3.8) is 0 Å². The van der Waals surface area contributed by atoms with Gasteiger partial charge in [-0.1, -0.05) is 24.3 Å². The van der Waals surface area contributed by atoms with Gasteiger partial charge in [0, 0.05) is 59.7 Å². The summed E-state index contributed by atoms with van der Waals surface area (Å²) < 4.78 is 0. The van der Waals surface area contributed by atoms with E-state index in [0.717, 1.165) is 5.39 Å². The van der Waals surface area contributed by atoms with Crippen molar-refractivity contribution < 1.29 is 28.8 Å². The van der Waals surface area contributed by atoms with Crippen LogP contribution < -0.4 is 5.32 Å². The summed E-state index contributed by atoms with van der Waals surface area (Å²) in [4.78, 5) is 81.6. The number of likely N-dealkylation sites (tertiary alicyclic amines) is 1. The SMILES string of the molecule is O=C1CCC(N2Cc3cc(C(=O)N4CCC(N5C(=O)c6cccc7cccc(c67)C5=O)CC4)ccc3C2=O)C(=O)N1. The van der Waals surface area contributed by atoms with Gasteiger partial charge >= 0.3 is 0 Å². The Morgan fingerprint density at radius 3 is 2.12 bits per heavy atom. The predicted molar refractivity (Wildman–Crippen MR) is 146 cm³/mol. The number of amides is 6. The summed E-state index contributed by atoms with van der Waals surface area (Å²) in [5, 5.41) is 3.84. The number of piperidine rings is 2. The lowest BCUT2D eigenvalue weighted by atomic mass is 9.91. The van der Waals surface area contributed by atoms with Gasteiger partial charge in [0.1, 0.15) is 6.04 Å². The topological polar surface area (TPSA) is 124 Å². The molecule has 1 atom stereocenters. The minimum absolute atomic E-state index is 0.174. The zero-order chi connectivity index (χ0) is 28.4. The maximum atomic E-state index is 13.4. The second-order valence-corrected chi connectivity index (χ2v) is 11.0. The molecule has 10 heteroatoms. The van der Waals surface area contributed by atoms with Crippen molar-refractivity contribution in [2.75, 3.05) is 13.1 Å². The summed E-state index contributed by atoms with van der Waals surface area (Å²) in [5.41, 5.74) is 2.59. The molecule has 0 radical (unpaired) electrons. The fourth-order valence-corrected chi connectivity index (χ4v) is 6.60. The minimum Gasteiger partial charge on any atom is -0.338 e. The Labute approximate surface area is 234 Å². The van der Waals surface area contributed by atoms with Gasteiger partial charge in [0.2, 0.25) is 11.8 Å². The van der Waals surface area contributed by atoms with Crippen LogP contribution in [-0.4, -0.2) is 75.3 Å². The molecule has 4 heterocycles. The predicted octanol–water partition coefficient (Wildman–Crippen LogP) is 2.50. The van der Waals surface area contributed by atoms with Gasteiger partial charge in [-0.25, -0.2) is 0 Å². The molecule has 0 aliphatic carbocycles. The highest BCUT2D eigenvalue weighted by Gasteiger charge is 2.41. The lowest BCUT2D eigenvalue weighted by molar-refractivity contribution is -0.136. The fraction of sp³-hybridized carbons (Fsp3) is 0.290. The largest absolute Gasteiger partial charge is 0.338 e. The van der Waals surface area contributed by atoms with Crippen LogP contribution in [0.15, 0.2) is 54.6 Å². The molecule has 0 saturated carbocycles. The Hall–Kier alpha value is -4.86. The van der Waals surface area contributed by atoms with Crippen LogP contribution in [0, 0.1) is 0 Å². The first-order valence-corrected chi connectivity index (χ1v) is 13.8. The smallest absolute Gasteiger partial charge is 0.261 e. The Morgan fingerprint density at radius 1 is 0.780 bits per heavy atom. The Balaban J connectivity index is 1.04. The Morgan fingerprint density at radius 2 is 1.46 bits per heavy atom. The standard InChI is InChI=1S/C31H26N4O6/c36-25-10-9-24(27(37)32-25)34-16-19-15-18(7-8-21(19)29(34)39)28(38)33-13-11-20(12-14-33)35-30(40)22-5-1-3-17-4-2-6-23(26(17)22)31(35)41/h1-8,15,20,24H,9-14,16H2,(H,32,36,37). The van der Waals surface area contributed by atoms with Crippen LogP contribution in [0.4, 0.5) is 0 Å². The summed E-state index contributed by atoms with van der Waals surface area (Å²) in [7, 11) is 0. The highest BCUT2D eigenvalue weighted by molar-refractivity contribution is 6.25. The molecule has 1 N–H and O–H groups in total. The second-order valence-electron chi connectivity index (χ2n) is 11.0. The number of carbonyl (C=O) groups excluding carboxylic acids is 6. The van der Waals surface area contributed by atoms with Crippen molar-refractivity contribution in [2.24, 2.45) is 0 Å². The number of imide groups is 2. The summed E-state index contributed by atoms with van der Waals surface area (Å²) in [6, 6.07) is 14.8. The van der Waals surface area contributed by atoms with Crippen molar-refractivity contribution in [3.05, 3.63) is 82.4 Å². The summed E-state index contributed by atoms with van der Waals surface area (Å²) >= 11 is 0. The number of benzene rings is 3. The van der Waals surface area contributed by atoms with E-state index < -0.39 is 11.9 Å². The molecule has 41 heavy (non-hydrogen) atoms. The van der Waals surface area contributed by atoms with Crippen LogP contribution in [0.5, 0.6) is 0 Å². The molecule has 6 amide bonds. The van der Waals surface area contributed by atoms with E-state index in [2.05, 4.69) is 5.32 Å². The van der Waals surface area contributed by atoms with Crippen LogP contribution in [-0.2, 0) is 16.1 Å². The third-order valence-corrected chi connectivity index (χ3v) is 8.69. The fourth-order valence-electron chi connectivity index (χ4n) is 6.60. The first-order valence-electron chi connectivity index (χ1n) is 13.8. The molecule has 4 aliphatic heterocycles. The van der Waals surface area contributed by atoms with Crippen LogP contribution >= 0.6 is 0 Å². The number of rotatable bonds is 3. The Kier molecular flexibility index (Phi) is 5.74. The van der Waals surface area contributed by atoms with Crippen molar-refractivity contribution in [1.29, 1.82) is 0 Å². The highest BCUT2D eigenvalue weighted by atomic mass is 16.2. The minimum atomic E-state index is -0.718. The molecule has 3 aromatic carbocycles. The quantitative estimate of drug-likeness (QED) is 0.500. The maximum absolute atomic E-state index is 13.4. The second kappa shape index (κ2) is 9.36. The molecule has 0 aromatic heterocycles. The summed E-state index contributed by atoms with van der Waals surface area (Å²) in [6.07, 6.45) is 1.38. The number of hydrogen-bond acceptors (Lipinski definition) is 6. The molecule has 2 fully saturated rings. The summed E-state index contributed by atoms with van der Waals surface area (Å²) in [5.74, 6) is -1.90. The number of nitrogens with one attached hydrogen (secondary N) is 1. The number of carbonyl (C=O) groups is 6. The van der Waals surface area contributed by atoms with E-state index in [-0.39, 0.29) is 55.0 Å². The van der Waals surface area contributed by atoms with E-state index in [1.54, 1.807) is 35.2 Å². The van der Waals surface area contributed by atoms with Crippen LogP contribution in [0.25, 0.3) is 10.8 Å². The third-order valence-electron chi connectivity index (χ3n) is 8.69. The molecular weight excluding hydrogens is 524 g/mol. The van der Waals surface area contributed by atoms with Crippen molar-refractivity contribution in [1.82, 2.24) is 20.0 Å². The number of hydrogen-bond donors (Lipinski definition) is 1. The molecule has 4 aliphatic rings. The molecule has 0 spiro atoms. The zero-order valence-electron chi connectivity index (χ0n) is 22.1. The van der Waals surface area contributed by atoms with Gasteiger partial charge in [0.25, 0.3) is 23.6 Å². The van der Waals surface area contributed by atoms with Crippen LogP contribution in [0.2, 0.25) is 0 Å². The van der Waals surface area contributed by atoms with E-state index in [0.29, 0.717) is 59.1 Å². The lowest BCUT2D eigenvalue weighted by Crippen LogP contribution is -2.52. The van der Waals surface area contributed by atoms with Gasteiger partial charge in [-0.15, -0.1) is 0 Å². The number of nitrogens with zero attached hydrogens (tertiary/aromatic N) is 3. The average Bonchev–Trinajstić information content (AvgIpc) is 3.31. The van der Waals surface area contributed by atoms with Gasteiger partial charge in [0.05, 0.1) is 0 Å². The van der Waals surface area contributed by atoms with E-state index in [1.807, 2.05) is 24.3 Å². The van der Waals surface area contributed by atoms with Crippen LogP contribution in [0.1, 0.15) is 72.7 Å². The summed E-state index contributed by atoms with van der Waals surface area (Å²) in [6.45, 7) is 0.951. The van der Waals surface area contributed by atoms with Gasteiger partial charge in [-0.3, -0.25) is 39.0 Å². The van der Waals surface area contributed by atoms with Crippen molar-refractivity contribution >= 4 is 46.2 Å². The van der Waals surface area contributed by atoms with Crippen molar-refractivity contribution in [2.45, 2.75) is 44.3 Å². The molecule has 10 nitrogen and oxygen atoms in total. The molecule has 1 unspecified atom stereocenters. The van der Waals surface area contributed by atoms with E-state index in [1.165, 1.54) is 9.80 Å². The molecule has 2 saturated heterocycles. The van der Waals surface area contributed by atoms with Gasteiger partial charge in [-0.2, -0.15) is 0 Å². The highest BCUT2D eigenvalue weighted by Crippen LogP contribution is 2.33. The zero-order valence-corrected chi connectivity index (χ0v) is 22.1. The number of fused-ring (bicyclic) bond motifs is 1. The third kappa shape index (κ3) is 3.93. The van der Waals surface area contributed by atoms with Gasteiger partial charge < -0.3 is 9.80 Å². The van der Waals surface area contributed by atoms with Crippen LogP contribution in [0.3, 0.4) is 0 Å². The monoisotopic (exact) mass is 550 g/mol. The normalized spacial score (nSPS) is 21.0. The van der Waals surface area contributed by atoms with Gasteiger partial charge in [0.15, 0.2) is 0 Å². The molecule has 0 bridgehead atoms. The van der Waals surface area contributed by atoms with E-state index >= 15 is 0 Å². The molecule has 206 valence electrons. The molecular formula is C31H26N4O6. The van der Waals surface area contributed by atoms with Crippen molar-refractivity contribution in [3.8, 4) is 0 Å². The first kappa shape index (κ1) is 25.1. The van der Waals surface area contributed by atoms with Gasteiger partial charge in [-0.05, 0) is 60.5 Å².